The van der Waals surface area contributed by atoms with Gasteiger partial charge >= 0.3 is 0 Å². The first-order chi connectivity index (χ1) is 14.9. The molecule has 0 aromatic heterocycles. The second-order valence-electron chi connectivity index (χ2n) is 7.41. The Kier molecular flexibility index (Phi) is 7.84. The lowest BCUT2D eigenvalue weighted by Gasteiger charge is -2.28. The molecule has 1 aliphatic heterocycles. The van der Waals surface area contributed by atoms with Gasteiger partial charge in [-0.25, -0.2) is 13.1 Å². The summed E-state index contributed by atoms with van der Waals surface area (Å²) in [6.45, 7) is 6.07. The normalized spacial score (nSPS) is 15.4. The Labute approximate surface area is 184 Å². The van der Waals surface area contributed by atoms with E-state index in [-0.39, 0.29) is 23.4 Å². The van der Waals surface area contributed by atoms with E-state index in [0.29, 0.717) is 12.1 Å². The van der Waals surface area contributed by atoms with Crippen LogP contribution in [0, 0.1) is 0 Å². The zero-order valence-electron chi connectivity index (χ0n) is 17.7. The average molecular weight is 444 g/mol. The van der Waals surface area contributed by atoms with Crippen molar-refractivity contribution in [1.82, 2.24) is 14.9 Å². The molecule has 3 rings (SSSR count). The Hall–Kier alpha value is -2.68. The van der Waals surface area contributed by atoms with Crippen LogP contribution in [0.25, 0.3) is 0 Å². The number of hydrogen-bond acceptors (Lipinski definition) is 5. The molecule has 0 spiro atoms. The van der Waals surface area contributed by atoms with Crippen LogP contribution in [-0.2, 0) is 10.0 Å². The topological polar surface area (TPSA) is 87.7 Å². The van der Waals surface area contributed by atoms with Crippen LogP contribution in [-0.4, -0.2) is 52.5 Å². The van der Waals surface area contributed by atoms with Gasteiger partial charge in [0.05, 0.1) is 18.0 Å². The number of nitrogens with zero attached hydrogens (tertiary/aromatic N) is 1. The SMILES string of the molecule is C=CCNS(=O)(=O)c1ccc(C(=O)NCC(c2cccc(OC)c2)N2CCCC2)cc1. The third-order valence-electron chi connectivity index (χ3n) is 5.36. The van der Waals surface area contributed by atoms with Gasteiger partial charge in [0.25, 0.3) is 5.91 Å². The molecule has 1 unspecified atom stereocenters. The standard InChI is InChI=1S/C23H29N3O4S/c1-3-13-25-31(28,29)21-11-9-18(10-12-21)23(27)24-17-22(26-14-4-5-15-26)19-7-6-8-20(16-19)30-2/h3,6-12,16,22,25H,1,4-5,13-15,17H2,2H3,(H,24,27). The zero-order chi connectivity index (χ0) is 22.3. The predicted molar refractivity (Wildman–Crippen MR) is 121 cm³/mol. The number of sulfonamides is 1. The number of carbonyl (C=O) groups excluding carboxylic acids is 1. The summed E-state index contributed by atoms with van der Waals surface area (Å²) in [4.78, 5) is 15.2. The van der Waals surface area contributed by atoms with Crippen molar-refractivity contribution in [3.63, 3.8) is 0 Å². The number of amides is 1. The number of benzene rings is 2. The molecule has 1 saturated heterocycles. The fourth-order valence-corrected chi connectivity index (χ4v) is 4.69. The molecule has 1 amide bonds. The van der Waals surface area contributed by atoms with Crippen molar-refractivity contribution >= 4 is 15.9 Å². The maximum absolute atomic E-state index is 12.7. The lowest BCUT2D eigenvalue weighted by Crippen LogP contribution is -2.36. The van der Waals surface area contributed by atoms with Crippen LogP contribution >= 0.6 is 0 Å². The molecule has 1 aliphatic rings. The predicted octanol–water partition coefficient (Wildman–Crippen LogP) is 2.73. The summed E-state index contributed by atoms with van der Waals surface area (Å²) in [5.41, 5.74) is 1.50. The molecule has 2 aromatic carbocycles. The van der Waals surface area contributed by atoms with Crippen LogP contribution in [0.4, 0.5) is 0 Å². The van der Waals surface area contributed by atoms with Gasteiger partial charge in [-0.1, -0.05) is 18.2 Å². The van der Waals surface area contributed by atoms with Crippen LogP contribution in [0.5, 0.6) is 5.75 Å². The lowest BCUT2D eigenvalue weighted by atomic mass is 10.0. The Morgan fingerprint density at radius 3 is 2.55 bits per heavy atom. The van der Waals surface area contributed by atoms with Crippen LogP contribution < -0.4 is 14.8 Å². The highest BCUT2D eigenvalue weighted by Gasteiger charge is 2.24. The Morgan fingerprint density at radius 2 is 1.90 bits per heavy atom. The minimum atomic E-state index is -3.62. The molecule has 1 heterocycles. The minimum absolute atomic E-state index is 0.0457. The third-order valence-corrected chi connectivity index (χ3v) is 6.80. The molecule has 0 bridgehead atoms. The van der Waals surface area contributed by atoms with Gasteiger partial charge in [0.2, 0.25) is 10.0 Å². The summed E-state index contributed by atoms with van der Waals surface area (Å²) in [7, 11) is -1.97. The lowest BCUT2D eigenvalue weighted by molar-refractivity contribution is 0.0938. The van der Waals surface area contributed by atoms with Crippen molar-refractivity contribution in [2.45, 2.75) is 23.8 Å². The second-order valence-corrected chi connectivity index (χ2v) is 9.18. The summed E-state index contributed by atoms with van der Waals surface area (Å²) in [6, 6.07) is 13.9. The zero-order valence-corrected chi connectivity index (χ0v) is 18.5. The van der Waals surface area contributed by atoms with E-state index in [0.717, 1.165) is 37.2 Å². The van der Waals surface area contributed by atoms with Crippen molar-refractivity contribution in [3.05, 3.63) is 72.3 Å². The van der Waals surface area contributed by atoms with Gasteiger partial charge in [-0.15, -0.1) is 6.58 Å². The molecule has 0 saturated carbocycles. The van der Waals surface area contributed by atoms with E-state index in [2.05, 4.69) is 21.5 Å². The van der Waals surface area contributed by atoms with Gasteiger partial charge in [0.15, 0.2) is 0 Å². The summed E-state index contributed by atoms with van der Waals surface area (Å²) < 4.78 is 32.1. The molecule has 1 atom stereocenters. The van der Waals surface area contributed by atoms with Gasteiger partial charge in [-0.3, -0.25) is 9.69 Å². The van der Waals surface area contributed by atoms with E-state index in [1.54, 1.807) is 7.11 Å². The van der Waals surface area contributed by atoms with Crippen molar-refractivity contribution in [3.8, 4) is 5.75 Å². The number of hydrogen-bond donors (Lipinski definition) is 2. The van der Waals surface area contributed by atoms with E-state index in [1.807, 2.05) is 24.3 Å². The Balaban J connectivity index is 1.70. The molecule has 0 radical (unpaired) electrons. The highest BCUT2D eigenvalue weighted by Crippen LogP contribution is 2.27. The van der Waals surface area contributed by atoms with E-state index in [9.17, 15) is 13.2 Å². The molecule has 2 aromatic rings. The molecule has 1 fully saturated rings. The van der Waals surface area contributed by atoms with Crippen LogP contribution in [0.3, 0.4) is 0 Å². The summed E-state index contributed by atoms with van der Waals surface area (Å²) >= 11 is 0. The fourth-order valence-electron chi connectivity index (χ4n) is 3.69. The first-order valence-electron chi connectivity index (χ1n) is 10.3. The van der Waals surface area contributed by atoms with Crippen molar-refractivity contribution in [2.24, 2.45) is 0 Å². The van der Waals surface area contributed by atoms with Crippen LogP contribution in [0.2, 0.25) is 0 Å². The van der Waals surface area contributed by atoms with Crippen LogP contribution in [0.15, 0.2) is 66.1 Å². The minimum Gasteiger partial charge on any atom is -0.497 e. The van der Waals surface area contributed by atoms with Gasteiger partial charge in [-0.2, -0.15) is 0 Å². The van der Waals surface area contributed by atoms with Crippen LogP contribution in [0.1, 0.15) is 34.8 Å². The number of ether oxygens (including phenoxy) is 1. The second kappa shape index (κ2) is 10.6. The number of likely N-dealkylation sites (tertiary alicyclic amines) is 1. The Morgan fingerprint density at radius 1 is 1.19 bits per heavy atom. The molecule has 166 valence electrons. The Bertz CT molecular complexity index is 1000. The molecular formula is C23H29N3O4S. The van der Waals surface area contributed by atoms with E-state index < -0.39 is 10.0 Å². The van der Waals surface area contributed by atoms with E-state index in [1.165, 1.54) is 30.3 Å². The summed E-state index contributed by atoms with van der Waals surface area (Å²) in [5.74, 6) is 0.546. The van der Waals surface area contributed by atoms with Gasteiger partial charge in [0.1, 0.15) is 5.75 Å². The monoisotopic (exact) mass is 443 g/mol. The van der Waals surface area contributed by atoms with Gasteiger partial charge in [0, 0.05) is 18.7 Å². The summed E-state index contributed by atoms with van der Waals surface area (Å²) in [6.07, 6.45) is 3.76. The number of rotatable bonds is 10. The van der Waals surface area contributed by atoms with Crippen molar-refractivity contribution in [1.29, 1.82) is 0 Å². The number of methoxy groups -OCH3 is 1. The molecular weight excluding hydrogens is 414 g/mol. The smallest absolute Gasteiger partial charge is 0.251 e. The first-order valence-corrected chi connectivity index (χ1v) is 11.8. The van der Waals surface area contributed by atoms with Crippen molar-refractivity contribution < 1.29 is 17.9 Å². The van der Waals surface area contributed by atoms with E-state index >= 15 is 0 Å². The molecule has 31 heavy (non-hydrogen) atoms. The first kappa shape index (κ1) is 23.0. The maximum atomic E-state index is 12.7. The van der Waals surface area contributed by atoms with E-state index in [4.69, 9.17) is 4.74 Å². The third kappa shape index (κ3) is 5.94. The van der Waals surface area contributed by atoms with Crippen molar-refractivity contribution in [2.75, 3.05) is 33.3 Å². The highest BCUT2D eigenvalue weighted by atomic mass is 32.2. The number of carbonyl (C=O) groups is 1. The quantitative estimate of drug-likeness (QED) is 0.552. The van der Waals surface area contributed by atoms with Gasteiger partial charge in [-0.05, 0) is 67.9 Å². The molecule has 2 N–H and O–H groups in total. The molecule has 8 heteroatoms. The molecule has 7 nitrogen and oxygen atoms in total. The maximum Gasteiger partial charge on any atom is 0.251 e. The largest absolute Gasteiger partial charge is 0.497 e. The average Bonchev–Trinajstić information content (AvgIpc) is 3.32. The molecule has 0 aliphatic carbocycles. The van der Waals surface area contributed by atoms with Gasteiger partial charge < -0.3 is 10.1 Å². The highest BCUT2D eigenvalue weighted by molar-refractivity contribution is 7.89. The fraction of sp³-hybridized carbons (Fsp3) is 0.348. The summed E-state index contributed by atoms with van der Waals surface area (Å²) in [5, 5.41) is 3.00. The number of nitrogens with one attached hydrogen (secondary N) is 2.